The minimum absolute atomic E-state index is 0.0619. The summed E-state index contributed by atoms with van der Waals surface area (Å²) in [5.41, 5.74) is 6.73. The van der Waals surface area contributed by atoms with E-state index in [1.165, 1.54) is 18.6 Å². The molecule has 1 fully saturated rings. The molecule has 2 aromatic carbocycles. The van der Waals surface area contributed by atoms with Crippen molar-refractivity contribution in [1.29, 1.82) is 0 Å². The van der Waals surface area contributed by atoms with Crippen LogP contribution >= 0.6 is 0 Å². The number of amides is 1. The molecule has 40 heavy (non-hydrogen) atoms. The molecule has 0 spiro atoms. The first kappa shape index (κ1) is 24.1. The summed E-state index contributed by atoms with van der Waals surface area (Å²) in [6.45, 7) is 0. The van der Waals surface area contributed by atoms with Gasteiger partial charge >= 0.3 is 0 Å². The van der Waals surface area contributed by atoms with E-state index in [0.717, 1.165) is 64.4 Å². The molecular weight excluding hydrogens is 505 g/mol. The summed E-state index contributed by atoms with van der Waals surface area (Å²) in [5.74, 6) is 0.408. The maximum absolute atomic E-state index is 13.9. The highest BCUT2D eigenvalue weighted by atomic mass is 19.1. The predicted molar refractivity (Wildman–Crippen MR) is 153 cm³/mol. The van der Waals surface area contributed by atoms with Crippen LogP contribution in [0.25, 0.3) is 55.8 Å². The number of aromatic nitrogens is 6. The molecule has 7 rings (SSSR count). The highest BCUT2D eigenvalue weighted by Crippen LogP contribution is 2.33. The predicted octanol–water partition coefficient (Wildman–Crippen LogP) is 6.89. The Hall–Kier alpha value is -4.92. The summed E-state index contributed by atoms with van der Waals surface area (Å²) in [5, 5.41) is 11.3. The summed E-state index contributed by atoms with van der Waals surface area (Å²) in [7, 11) is 0. The van der Waals surface area contributed by atoms with Crippen LogP contribution in [0.15, 0.2) is 73.2 Å². The Morgan fingerprint density at radius 3 is 2.65 bits per heavy atom. The molecular formula is C31H26FN7O. The summed E-state index contributed by atoms with van der Waals surface area (Å²) in [6.07, 6.45) is 10.5. The van der Waals surface area contributed by atoms with Crippen molar-refractivity contribution in [1.82, 2.24) is 30.1 Å². The van der Waals surface area contributed by atoms with Crippen LogP contribution in [0.2, 0.25) is 0 Å². The van der Waals surface area contributed by atoms with Crippen LogP contribution < -0.4 is 5.32 Å². The SMILES string of the molecule is O=C(Nc1cncc(-c2cnc3[nH]nc(-c4nc5c(-c6cccc(F)c6)cccc5[nH]4)c3c2)c1)C1CCCCC1. The van der Waals surface area contributed by atoms with Crippen LogP contribution in [-0.2, 0) is 4.79 Å². The average molecular weight is 532 g/mol. The van der Waals surface area contributed by atoms with Crippen LogP contribution in [0.1, 0.15) is 32.1 Å². The third-order valence-corrected chi connectivity index (χ3v) is 7.60. The Kier molecular flexibility index (Phi) is 6.03. The van der Waals surface area contributed by atoms with Gasteiger partial charge in [0, 0.05) is 35.0 Å². The second-order valence-corrected chi connectivity index (χ2v) is 10.3. The monoisotopic (exact) mass is 531 g/mol. The van der Waals surface area contributed by atoms with Gasteiger partial charge in [-0.15, -0.1) is 0 Å². The fourth-order valence-electron chi connectivity index (χ4n) is 5.55. The van der Waals surface area contributed by atoms with E-state index < -0.39 is 0 Å². The number of pyridine rings is 2. The molecule has 8 nitrogen and oxygen atoms in total. The molecule has 1 aliphatic carbocycles. The number of benzene rings is 2. The van der Waals surface area contributed by atoms with Crippen molar-refractivity contribution in [2.75, 3.05) is 5.32 Å². The number of rotatable bonds is 5. The van der Waals surface area contributed by atoms with Gasteiger partial charge in [-0.2, -0.15) is 5.10 Å². The molecule has 198 valence electrons. The Morgan fingerprint density at radius 2 is 1.77 bits per heavy atom. The number of hydrogen-bond acceptors (Lipinski definition) is 5. The molecule has 1 aliphatic rings. The molecule has 0 unspecified atom stereocenters. The van der Waals surface area contributed by atoms with Gasteiger partial charge in [0.15, 0.2) is 11.5 Å². The van der Waals surface area contributed by atoms with E-state index in [-0.39, 0.29) is 17.6 Å². The summed E-state index contributed by atoms with van der Waals surface area (Å²) < 4.78 is 13.9. The minimum Gasteiger partial charge on any atom is -0.337 e. The maximum atomic E-state index is 13.9. The molecule has 4 aromatic heterocycles. The molecule has 3 N–H and O–H groups in total. The number of imidazole rings is 1. The molecule has 0 radical (unpaired) electrons. The van der Waals surface area contributed by atoms with Crippen molar-refractivity contribution in [2.45, 2.75) is 32.1 Å². The topological polar surface area (TPSA) is 112 Å². The fourth-order valence-corrected chi connectivity index (χ4v) is 5.55. The summed E-state index contributed by atoms with van der Waals surface area (Å²) in [4.78, 5) is 29.9. The summed E-state index contributed by atoms with van der Waals surface area (Å²) >= 11 is 0. The zero-order valence-corrected chi connectivity index (χ0v) is 21.6. The highest BCUT2D eigenvalue weighted by molar-refractivity contribution is 5.97. The van der Waals surface area contributed by atoms with Gasteiger partial charge in [-0.05, 0) is 48.7 Å². The van der Waals surface area contributed by atoms with Gasteiger partial charge < -0.3 is 10.3 Å². The van der Waals surface area contributed by atoms with Crippen molar-refractivity contribution in [3.63, 3.8) is 0 Å². The van der Waals surface area contributed by atoms with Crippen LogP contribution in [0.4, 0.5) is 10.1 Å². The fraction of sp³-hybridized carbons (Fsp3) is 0.194. The number of aromatic amines is 2. The van der Waals surface area contributed by atoms with E-state index in [1.54, 1.807) is 24.7 Å². The number of H-pyrrole nitrogens is 2. The van der Waals surface area contributed by atoms with Crippen LogP contribution in [0, 0.1) is 11.7 Å². The first-order valence-electron chi connectivity index (χ1n) is 13.5. The van der Waals surface area contributed by atoms with Crippen molar-refractivity contribution in [3.05, 3.63) is 79.0 Å². The van der Waals surface area contributed by atoms with Gasteiger partial charge in [-0.3, -0.25) is 14.9 Å². The molecule has 0 atom stereocenters. The lowest BCUT2D eigenvalue weighted by Crippen LogP contribution is -2.24. The Labute approximate surface area is 229 Å². The van der Waals surface area contributed by atoms with E-state index in [2.05, 4.69) is 30.5 Å². The Morgan fingerprint density at radius 1 is 0.925 bits per heavy atom. The number of hydrogen-bond donors (Lipinski definition) is 3. The van der Waals surface area contributed by atoms with Gasteiger partial charge in [0.05, 0.1) is 28.3 Å². The highest BCUT2D eigenvalue weighted by Gasteiger charge is 2.21. The van der Waals surface area contributed by atoms with Crippen LogP contribution in [-0.4, -0.2) is 36.0 Å². The number of nitrogens with zero attached hydrogens (tertiary/aromatic N) is 4. The third kappa shape index (κ3) is 4.49. The number of carbonyl (C=O) groups is 1. The van der Waals surface area contributed by atoms with Crippen LogP contribution in [0.3, 0.4) is 0 Å². The molecule has 4 heterocycles. The van der Waals surface area contributed by atoms with E-state index in [9.17, 15) is 9.18 Å². The van der Waals surface area contributed by atoms with Crippen molar-refractivity contribution < 1.29 is 9.18 Å². The number of fused-ring (bicyclic) bond motifs is 2. The van der Waals surface area contributed by atoms with E-state index in [4.69, 9.17) is 4.98 Å². The number of carbonyl (C=O) groups excluding carboxylic acids is 1. The van der Waals surface area contributed by atoms with Gasteiger partial charge in [0.25, 0.3) is 0 Å². The smallest absolute Gasteiger partial charge is 0.227 e. The molecule has 0 bridgehead atoms. The second-order valence-electron chi connectivity index (χ2n) is 10.3. The zero-order valence-electron chi connectivity index (χ0n) is 21.6. The van der Waals surface area contributed by atoms with Crippen molar-refractivity contribution in [3.8, 4) is 33.8 Å². The van der Waals surface area contributed by atoms with Gasteiger partial charge in [-0.1, -0.05) is 43.5 Å². The molecule has 6 aromatic rings. The standard InChI is InChI=1S/C31H26FN7O/c32-22-9-4-8-19(12-22)24-10-5-11-26-27(24)37-30(36-26)28-25-14-21(16-34-29(25)39-38-28)20-13-23(17-33-15-20)35-31(40)18-6-2-1-3-7-18/h4-5,8-18H,1-3,6-7H2,(H,35,40)(H,36,37)(H,34,38,39). The minimum atomic E-state index is -0.297. The average Bonchev–Trinajstić information content (AvgIpc) is 3.61. The van der Waals surface area contributed by atoms with E-state index in [0.29, 0.717) is 22.9 Å². The first-order valence-corrected chi connectivity index (χ1v) is 13.5. The largest absolute Gasteiger partial charge is 0.337 e. The quantitative estimate of drug-likeness (QED) is 0.224. The number of para-hydroxylation sites is 1. The molecule has 1 saturated carbocycles. The van der Waals surface area contributed by atoms with Gasteiger partial charge in [0.2, 0.25) is 5.91 Å². The van der Waals surface area contributed by atoms with Crippen molar-refractivity contribution >= 4 is 33.7 Å². The number of nitrogens with one attached hydrogen (secondary N) is 3. The Bertz CT molecular complexity index is 1870. The first-order chi connectivity index (χ1) is 19.6. The van der Waals surface area contributed by atoms with Crippen molar-refractivity contribution in [2.24, 2.45) is 5.92 Å². The third-order valence-electron chi connectivity index (χ3n) is 7.60. The lowest BCUT2D eigenvalue weighted by Gasteiger charge is -2.20. The molecule has 1 amide bonds. The number of anilines is 1. The molecule has 0 saturated heterocycles. The maximum Gasteiger partial charge on any atom is 0.227 e. The van der Waals surface area contributed by atoms with Gasteiger partial charge in [-0.25, -0.2) is 14.4 Å². The normalized spacial score (nSPS) is 14.1. The number of halogens is 1. The zero-order chi connectivity index (χ0) is 27.1. The van der Waals surface area contributed by atoms with Gasteiger partial charge in [0.1, 0.15) is 11.5 Å². The van der Waals surface area contributed by atoms with E-state index >= 15 is 0 Å². The second kappa shape index (κ2) is 10.00. The lowest BCUT2D eigenvalue weighted by atomic mass is 9.88. The molecule has 0 aliphatic heterocycles. The lowest BCUT2D eigenvalue weighted by molar-refractivity contribution is -0.120. The summed E-state index contributed by atoms with van der Waals surface area (Å²) in [6, 6.07) is 16.2. The van der Waals surface area contributed by atoms with Crippen LogP contribution in [0.5, 0.6) is 0 Å². The Balaban J connectivity index is 1.23. The molecule has 9 heteroatoms. The van der Waals surface area contributed by atoms with E-state index in [1.807, 2.05) is 36.4 Å².